The van der Waals surface area contributed by atoms with Gasteiger partial charge in [-0.1, -0.05) is 78.4 Å². The number of rotatable bonds is 4. The first-order valence-electron chi connectivity index (χ1n) is 10.8. The van der Waals surface area contributed by atoms with Gasteiger partial charge < -0.3 is 0 Å². The monoisotopic (exact) mass is 326 g/mol. The van der Waals surface area contributed by atoms with Gasteiger partial charge in [0.1, 0.15) is 0 Å². The highest BCUT2D eigenvalue weighted by molar-refractivity contribution is 6.62. The van der Waals surface area contributed by atoms with Crippen molar-refractivity contribution in [3.8, 4) is 0 Å². The van der Waals surface area contributed by atoms with Gasteiger partial charge in [-0.2, -0.15) is 0 Å². The van der Waals surface area contributed by atoms with Crippen molar-refractivity contribution in [2.24, 2.45) is 46.3 Å². The Hall–Kier alpha value is -0.195. The summed E-state index contributed by atoms with van der Waals surface area (Å²) in [6.07, 6.45) is 9.56. The summed E-state index contributed by atoms with van der Waals surface area (Å²) in [6, 6.07) is 0. The minimum atomic E-state index is 0.622. The summed E-state index contributed by atoms with van der Waals surface area (Å²) in [7, 11) is 0. The molecule has 0 unspecified atom stereocenters. The lowest BCUT2D eigenvalue weighted by Gasteiger charge is -2.66. The molecule has 0 N–H and O–H groups in total. The Morgan fingerprint density at radius 2 is 1.25 bits per heavy atom. The summed E-state index contributed by atoms with van der Waals surface area (Å²) in [5.41, 5.74) is 1.24. The number of hydrogen-bond acceptors (Lipinski definition) is 0. The molecule has 0 heterocycles. The van der Waals surface area contributed by atoms with Crippen LogP contribution in [0.15, 0.2) is 12.7 Å². The third-order valence-corrected chi connectivity index (χ3v) is 10.4. The molecule has 0 nitrogen and oxygen atoms in total. The van der Waals surface area contributed by atoms with E-state index in [2.05, 4.69) is 54.2 Å². The Morgan fingerprint density at radius 1 is 0.833 bits per heavy atom. The van der Waals surface area contributed by atoms with Gasteiger partial charge in [-0.3, -0.25) is 0 Å². The molecular formula is C23H39B. The second-order valence-corrected chi connectivity index (χ2v) is 11.4. The van der Waals surface area contributed by atoms with Crippen LogP contribution in [0.2, 0.25) is 18.0 Å². The van der Waals surface area contributed by atoms with E-state index in [0.717, 1.165) is 53.9 Å². The molecule has 0 aromatic heterocycles. The lowest BCUT2D eigenvalue weighted by atomic mass is 9.20. The first-order chi connectivity index (χ1) is 11.2. The van der Waals surface area contributed by atoms with Gasteiger partial charge in [0.2, 0.25) is 0 Å². The van der Waals surface area contributed by atoms with Crippen molar-refractivity contribution in [1.82, 2.24) is 0 Å². The van der Waals surface area contributed by atoms with Crippen LogP contribution in [-0.4, -0.2) is 6.71 Å². The van der Waals surface area contributed by atoms with Crippen molar-refractivity contribution in [2.45, 2.75) is 85.2 Å². The fraction of sp³-hybridized carbons (Fsp3) is 0.913. The molecule has 24 heavy (non-hydrogen) atoms. The molecule has 0 saturated heterocycles. The zero-order valence-corrected chi connectivity index (χ0v) is 17.0. The lowest BCUT2D eigenvalue weighted by molar-refractivity contribution is -0.107. The lowest BCUT2D eigenvalue weighted by Crippen LogP contribution is -2.59. The summed E-state index contributed by atoms with van der Waals surface area (Å²) in [5, 5.41) is 0. The molecule has 6 rings (SSSR count). The molecule has 0 amide bonds. The predicted octanol–water partition coefficient (Wildman–Crippen LogP) is 6.81. The fourth-order valence-electron chi connectivity index (χ4n) is 8.37. The fourth-order valence-corrected chi connectivity index (χ4v) is 8.37. The second-order valence-electron chi connectivity index (χ2n) is 11.4. The normalized spacial score (nSPS) is 50.4. The van der Waals surface area contributed by atoms with Gasteiger partial charge in [0.05, 0.1) is 0 Å². The first kappa shape index (κ1) is 17.2. The summed E-state index contributed by atoms with van der Waals surface area (Å²) in [4.78, 5) is 0. The maximum absolute atomic E-state index is 4.16. The van der Waals surface area contributed by atoms with E-state index in [1.54, 1.807) is 0 Å². The zero-order chi connectivity index (χ0) is 17.4. The Bertz CT molecular complexity index is 476. The molecule has 6 fully saturated rings. The average molecular weight is 326 g/mol. The molecule has 134 valence electrons. The highest BCUT2D eigenvalue weighted by Gasteiger charge is 2.61. The number of allylic oxidation sites excluding steroid dienone is 1. The van der Waals surface area contributed by atoms with Crippen LogP contribution in [0.1, 0.15) is 67.2 Å². The van der Waals surface area contributed by atoms with E-state index in [1.165, 1.54) is 32.0 Å². The van der Waals surface area contributed by atoms with Crippen molar-refractivity contribution in [2.75, 3.05) is 0 Å². The second kappa shape index (κ2) is 5.40. The highest BCUT2D eigenvalue weighted by Crippen LogP contribution is 2.69. The topological polar surface area (TPSA) is 0 Å². The predicted molar refractivity (Wildman–Crippen MR) is 107 cm³/mol. The van der Waals surface area contributed by atoms with E-state index in [-0.39, 0.29) is 0 Å². The maximum atomic E-state index is 4.16. The quantitative estimate of drug-likeness (QED) is 0.393. The van der Waals surface area contributed by atoms with Gasteiger partial charge in [0.25, 0.3) is 0 Å². The van der Waals surface area contributed by atoms with Crippen LogP contribution in [0.4, 0.5) is 0 Å². The molecule has 0 aromatic carbocycles. The van der Waals surface area contributed by atoms with Crippen molar-refractivity contribution in [3.05, 3.63) is 12.7 Å². The molecular weight excluding hydrogens is 287 g/mol. The molecule has 0 aromatic rings. The van der Waals surface area contributed by atoms with Crippen LogP contribution in [-0.2, 0) is 0 Å². The van der Waals surface area contributed by atoms with Gasteiger partial charge in [-0.15, -0.1) is 6.58 Å². The van der Waals surface area contributed by atoms with Crippen molar-refractivity contribution in [1.29, 1.82) is 0 Å². The minimum Gasteiger partial charge on any atom is -0.104 e. The Labute approximate surface area is 151 Å². The van der Waals surface area contributed by atoms with Gasteiger partial charge >= 0.3 is 0 Å². The standard InChI is InChI=1S/C23H39B/c1-8-9-24(20-12-16-10-18(14(20)2)22(16,4)5)21-13-17-11-19(15(21)3)23(17,6)7/h8,14-21H,1,9-13H2,2-7H3/t14-,15-,16-,17-,18+,19+,20-,21-/m0/s1. The summed E-state index contributed by atoms with van der Waals surface area (Å²) in [5.74, 6) is 7.75. The van der Waals surface area contributed by atoms with E-state index in [1.807, 2.05) is 0 Å². The molecule has 6 saturated carbocycles. The average Bonchev–Trinajstić information content (AvgIpc) is 2.52. The van der Waals surface area contributed by atoms with Gasteiger partial charge in [-0.25, -0.2) is 0 Å². The van der Waals surface area contributed by atoms with E-state index in [4.69, 9.17) is 0 Å². The Morgan fingerprint density at radius 3 is 1.54 bits per heavy atom. The number of fused-ring (bicyclic) bond motifs is 4. The van der Waals surface area contributed by atoms with Crippen LogP contribution in [0.3, 0.4) is 0 Å². The largest absolute Gasteiger partial charge is 0.150 e. The Kier molecular flexibility index (Phi) is 3.88. The van der Waals surface area contributed by atoms with Gasteiger partial charge in [0, 0.05) is 0 Å². The molecule has 1 heteroatoms. The Balaban J connectivity index is 1.55. The first-order valence-corrected chi connectivity index (χ1v) is 10.8. The highest BCUT2D eigenvalue weighted by atomic mass is 14.6. The van der Waals surface area contributed by atoms with Crippen LogP contribution >= 0.6 is 0 Å². The van der Waals surface area contributed by atoms with Crippen molar-refractivity contribution in [3.63, 3.8) is 0 Å². The SMILES string of the molecule is C=CCB([C@H]1C[C@@H]2C[C@H]([C@@H]1C)C2(C)C)[C@H]1C[C@@H]2C[C@H]([C@@H]1C)C2(C)C. The zero-order valence-electron chi connectivity index (χ0n) is 17.0. The van der Waals surface area contributed by atoms with Crippen molar-refractivity contribution >= 4 is 6.71 Å². The third-order valence-electron chi connectivity index (χ3n) is 10.4. The van der Waals surface area contributed by atoms with Crippen LogP contribution in [0, 0.1) is 46.3 Å². The number of hydrogen-bond donors (Lipinski definition) is 0. The molecule has 4 bridgehead atoms. The molecule has 6 aliphatic carbocycles. The summed E-state index contributed by atoms with van der Waals surface area (Å²) in [6.45, 7) is 20.4. The molecule has 6 aliphatic rings. The van der Waals surface area contributed by atoms with Gasteiger partial charge in [-0.05, 0) is 59.2 Å². The van der Waals surface area contributed by atoms with Crippen LogP contribution < -0.4 is 0 Å². The third kappa shape index (κ3) is 2.11. The molecule has 0 aliphatic heterocycles. The minimum absolute atomic E-state index is 0.622. The molecule has 0 radical (unpaired) electrons. The van der Waals surface area contributed by atoms with E-state index in [0.29, 0.717) is 10.8 Å². The van der Waals surface area contributed by atoms with E-state index < -0.39 is 0 Å². The summed E-state index contributed by atoms with van der Waals surface area (Å²) >= 11 is 0. The maximum Gasteiger partial charge on any atom is 0.150 e. The summed E-state index contributed by atoms with van der Waals surface area (Å²) < 4.78 is 0. The van der Waals surface area contributed by atoms with Crippen LogP contribution in [0.25, 0.3) is 0 Å². The molecule has 0 spiro atoms. The van der Waals surface area contributed by atoms with Crippen molar-refractivity contribution < 1.29 is 0 Å². The van der Waals surface area contributed by atoms with Gasteiger partial charge in [0.15, 0.2) is 6.71 Å². The van der Waals surface area contributed by atoms with E-state index >= 15 is 0 Å². The molecule has 8 atom stereocenters. The smallest absolute Gasteiger partial charge is 0.104 e. The van der Waals surface area contributed by atoms with E-state index in [9.17, 15) is 0 Å². The van der Waals surface area contributed by atoms with Crippen LogP contribution in [0.5, 0.6) is 0 Å².